The van der Waals surface area contributed by atoms with Gasteiger partial charge in [0, 0.05) is 17.1 Å². The van der Waals surface area contributed by atoms with E-state index in [1.54, 1.807) is 6.07 Å². The standard InChI is InChI=1S/C21H21F3N4O/c22-21(23,24)18-11-14-15(26-18)7-8-25-20(14)27-19-13-5-1-2-6-17(13)29-12-16(19)28-9-3-4-10-28/h1-2,5-8,11,16,19,26H,3-4,9-10,12H2,(H,25,27). The number of nitrogens with zero attached hydrogens (tertiary/aromatic N) is 2. The zero-order chi connectivity index (χ0) is 20.0. The number of rotatable bonds is 3. The van der Waals surface area contributed by atoms with Crippen LogP contribution < -0.4 is 10.1 Å². The third-order valence-electron chi connectivity index (χ3n) is 5.80. The van der Waals surface area contributed by atoms with Crippen molar-refractivity contribution in [2.75, 3.05) is 25.0 Å². The summed E-state index contributed by atoms with van der Waals surface area (Å²) in [6.07, 6.45) is -0.617. The van der Waals surface area contributed by atoms with Crippen molar-refractivity contribution in [3.8, 4) is 5.75 Å². The molecule has 2 aromatic heterocycles. The highest BCUT2D eigenvalue weighted by molar-refractivity contribution is 5.90. The average Bonchev–Trinajstić information content (AvgIpc) is 3.38. The Morgan fingerprint density at radius 3 is 2.72 bits per heavy atom. The molecule has 2 unspecified atom stereocenters. The SMILES string of the molecule is FC(F)(F)c1cc2c(NC3c4ccccc4OCC3N3CCCC3)nccc2[nH]1. The van der Waals surface area contributed by atoms with Crippen LogP contribution >= 0.6 is 0 Å². The zero-order valence-electron chi connectivity index (χ0n) is 15.7. The fourth-order valence-electron chi connectivity index (χ4n) is 4.38. The number of benzene rings is 1. The first-order valence-corrected chi connectivity index (χ1v) is 9.78. The fourth-order valence-corrected chi connectivity index (χ4v) is 4.38. The van der Waals surface area contributed by atoms with Crippen LogP contribution in [0.25, 0.3) is 10.9 Å². The molecule has 2 aliphatic rings. The largest absolute Gasteiger partial charge is 0.491 e. The Hall–Kier alpha value is -2.74. The first-order valence-electron chi connectivity index (χ1n) is 9.78. The predicted octanol–water partition coefficient (Wildman–Crippen LogP) is 4.59. The molecule has 8 heteroatoms. The normalized spacial score (nSPS) is 22.4. The third kappa shape index (κ3) is 3.31. The van der Waals surface area contributed by atoms with Gasteiger partial charge in [-0.15, -0.1) is 0 Å². The maximum absolute atomic E-state index is 13.2. The van der Waals surface area contributed by atoms with Gasteiger partial charge in [-0.05, 0) is 44.1 Å². The van der Waals surface area contributed by atoms with E-state index in [4.69, 9.17) is 4.74 Å². The summed E-state index contributed by atoms with van der Waals surface area (Å²) in [5.74, 6) is 1.25. The number of hydrogen-bond acceptors (Lipinski definition) is 4. The highest BCUT2D eigenvalue weighted by Gasteiger charge is 2.37. The minimum Gasteiger partial charge on any atom is -0.491 e. The molecule has 0 radical (unpaired) electrons. The van der Waals surface area contributed by atoms with Crippen LogP contribution in [0.1, 0.15) is 30.1 Å². The van der Waals surface area contributed by atoms with Gasteiger partial charge < -0.3 is 15.0 Å². The Bertz CT molecular complexity index is 1030. The Morgan fingerprint density at radius 2 is 1.93 bits per heavy atom. The number of anilines is 1. The summed E-state index contributed by atoms with van der Waals surface area (Å²) in [4.78, 5) is 9.23. The van der Waals surface area contributed by atoms with E-state index in [2.05, 4.69) is 20.2 Å². The number of hydrogen-bond donors (Lipinski definition) is 2. The quantitative estimate of drug-likeness (QED) is 0.673. The van der Waals surface area contributed by atoms with E-state index in [1.807, 2.05) is 24.3 Å². The monoisotopic (exact) mass is 402 g/mol. The highest BCUT2D eigenvalue weighted by atomic mass is 19.4. The number of aromatic nitrogens is 2. The van der Waals surface area contributed by atoms with Gasteiger partial charge in [-0.1, -0.05) is 18.2 Å². The summed E-state index contributed by atoms with van der Waals surface area (Å²) in [7, 11) is 0. The van der Waals surface area contributed by atoms with Crippen LogP contribution in [0.15, 0.2) is 42.6 Å². The van der Waals surface area contributed by atoms with Gasteiger partial charge in [0.2, 0.25) is 0 Å². The summed E-state index contributed by atoms with van der Waals surface area (Å²) in [5, 5.41) is 3.89. The van der Waals surface area contributed by atoms with Crippen molar-refractivity contribution in [1.82, 2.24) is 14.9 Å². The summed E-state index contributed by atoms with van der Waals surface area (Å²) < 4.78 is 45.5. The number of halogens is 3. The summed E-state index contributed by atoms with van der Waals surface area (Å²) in [6.45, 7) is 2.52. The van der Waals surface area contributed by atoms with Gasteiger partial charge in [-0.2, -0.15) is 13.2 Å². The molecule has 0 amide bonds. The number of nitrogens with one attached hydrogen (secondary N) is 2. The van der Waals surface area contributed by atoms with Crippen molar-refractivity contribution in [3.05, 3.63) is 53.9 Å². The summed E-state index contributed by atoms with van der Waals surface area (Å²) in [5.41, 5.74) is 0.640. The van der Waals surface area contributed by atoms with Gasteiger partial charge in [0.25, 0.3) is 0 Å². The number of likely N-dealkylation sites (tertiary alicyclic amines) is 1. The number of alkyl halides is 3. The van der Waals surface area contributed by atoms with Gasteiger partial charge in [0.1, 0.15) is 23.9 Å². The van der Waals surface area contributed by atoms with E-state index in [-0.39, 0.29) is 12.1 Å². The van der Waals surface area contributed by atoms with Crippen molar-refractivity contribution in [3.63, 3.8) is 0 Å². The first-order chi connectivity index (χ1) is 14.0. The minimum absolute atomic E-state index is 0.0884. The molecule has 4 heterocycles. The van der Waals surface area contributed by atoms with Crippen LogP contribution in [-0.4, -0.2) is 40.6 Å². The molecule has 5 nitrogen and oxygen atoms in total. The zero-order valence-corrected chi connectivity index (χ0v) is 15.7. The fraction of sp³-hybridized carbons (Fsp3) is 0.381. The first kappa shape index (κ1) is 18.3. The van der Waals surface area contributed by atoms with E-state index in [0.29, 0.717) is 23.3 Å². The van der Waals surface area contributed by atoms with Gasteiger partial charge in [0.15, 0.2) is 0 Å². The van der Waals surface area contributed by atoms with E-state index in [9.17, 15) is 13.2 Å². The molecule has 0 spiro atoms. The van der Waals surface area contributed by atoms with Crippen LogP contribution in [0.5, 0.6) is 5.75 Å². The molecular weight excluding hydrogens is 381 g/mol. The number of aromatic amines is 1. The Balaban J connectivity index is 1.55. The molecule has 2 N–H and O–H groups in total. The van der Waals surface area contributed by atoms with E-state index < -0.39 is 11.9 Å². The number of H-pyrrole nitrogens is 1. The lowest BCUT2D eigenvalue weighted by atomic mass is 9.95. The maximum atomic E-state index is 13.2. The molecule has 2 atom stereocenters. The summed E-state index contributed by atoms with van der Waals surface area (Å²) in [6, 6.07) is 10.5. The molecule has 29 heavy (non-hydrogen) atoms. The van der Waals surface area contributed by atoms with Crippen LogP contribution in [0.2, 0.25) is 0 Å². The van der Waals surface area contributed by atoms with Gasteiger partial charge in [-0.3, -0.25) is 4.90 Å². The lowest BCUT2D eigenvalue weighted by Gasteiger charge is -2.39. The Kier molecular flexibility index (Phi) is 4.38. The Morgan fingerprint density at radius 1 is 1.14 bits per heavy atom. The van der Waals surface area contributed by atoms with E-state index in [0.717, 1.165) is 43.3 Å². The molecular formula is C21H21F3N4O. The molecule has 3 aromatic rings. The maximum Gasteiger partial charge on any atom is 0.431 e. The van der Waals surface area contributed by atoms with Crippen LogP contribution in [-0.2, 0) is 6.18 Å². The lowest BCUT2D eigenvalue weighted by molar-refractivity contribution is -0.140. The second-order valence-corrected chi connectivity index (χ2v) is 7.58. The molecule has 5 rings (SSSR count). The average molecular weight is 402 g/mol. The van der Waals surface area contributed by atoms with E-state index >= 15 is 0 Å². The van der Waals surface area contributed by atoms with Crippen molar-refractivity contribution in [1.29, 1.82) is 0 Å². The molecule has 1 fully saturated rings. The smallest absolute Gasteiger partial charge is 0.431 e. The molecule has 0 saturated carbocycles. The second kappa shape index (κ2) is 6.95. The molecule has 2 aliphatic heterocycles. The van der Waals surface area contributed by atoms with Crippen molar-refractivity contribution in [2.24, 2.45) is 0 Å². The van der Waals surface area contributed by atoms with Crippen LogP contribution in [0.4, 0.5) is 19.0 Å². The number of ether oxygens (including phenoxy) is 1. The Labute approximate surface area is 165 Å². The van der Waals surface area contributed by atoms with Gasteiger partial charge in [-0.25, -0.2) is 4.98 Å². The minimum atomic E-state index is -4.43. The van der Waals surface area contributed by atoms with Crippen molar-refractivity contribution < 1.29 is 17.9 Å². The number of para-hydroxylation sites is 1. The molecule has 1 aromatic carbocycles. The highest BCUT2D eigenvalue weighted by Crippen LogP contribution is 2.39. The molecule has 1 saturated heterocycles. The lowest BCUT2D eigenvalue weighted by Crippen LogP contribution is -2.47. The molecule has 0 aliphatic carbocycles. The molecule has 152 valence electrons. The second-order valence-electron chi connectivity index (χ2n) is 7.58. The van der Waals surface area contributed by atoms with Crippen LogP contribution in [0, 0.1) is 0 Å². The van der Waals surface area contributed by atoms with E-state index in [1.165, 1.54) is 6.20 Å². The van der Waals surface area contributed by atoms with Crippen molar-refractivity contribution in [2.45, 2.75) is 31.1 Å². The predicted molar refractivity (Wildman–Crippen MR) is 104 cm³/mol. The van der Waals surface area contributed by atoms with Gasteiger partial charge >= 0.3 is 6.18 Å². The third-order valence-corrected chi connectivity index (χ3v) is 5.80. The number of pyridine rings is 1. The molecule has 0 bridgehead atoms. The topological polar surface area (TPSA) is 53.2 Å². The summed E-state index contributed by atoms with van der Waals surface area (Å²) >= 11 is 0. The van der Waals surface area contributed by atoms with Crippen LogP contribution in [0.3, 0.4) is 0 Å². The van der Waals surface area contributed by atoms with Gasteiger partial charge in [0.05, 0.1) is 17.6 Å². The van der Waals surface area contributed by atoms with Crippen molar-refractivity contribution >= 4 is 16.7 Å². The number of fused-ring (bicyclic) bond motifs is 2.